The maximum atomic E-state index is 13.3. The van der Waals surface area contributed by atoms with Gasteiger partial charge in [0, 0.05) is 47.3 Å². The molecule has 0 saturated carbocycles. The fourth-order valence-electron chi connectivity index (χ4n) is 4.44. The third kappa shape index (κ3) is 6.99. The molecule has 0 atom stereocenters. The number of hydrogen-bond donors (Lipinski definition) is 3. The SMILES string of the molecule is COCC(=O)Nc1ccnc(Oc2ccc(NC(=O)Nc3cc(C(C)(C)C)nn3-c3ccc(C)cc3)c3ccccc23)c1. The first-order valence-corrected chi connectivity index (χ1v) is 13.8. The summed E-state index contributed by atoms with van der Waals surface area (Å²) in [5.41, 5.74) is 3.76. The van der Waals surface area contributed by atoms with E-state index in [1.54, 1.807) is 35.1 Å². The number of hydrogen-bond acceptors (Lipinski definition) is 6. The Morgan fingerprint density at radius 2 is 1.63 bits per heavy atom. The second kappa shape index (κ2) is 12.3. The number of anilines is 3. The number of pyridine rings is 1. The van der Waals surface area contributed by atoms with Gasteiger partial charge in [0.05, 0.1) is 17.1 Å². The number of carbonyl (C=O) groups excluding carboxylic acids is 2. The molecule has 10 nitrogen and oxygen atoms in total. The van der Waals surface area contributed by atoms with Gasteiger partial charge in [-0.25, -0.2) is 14.5 Å². The summed E-state index contributed by atoms with van der Waals surface area (Å²) in [6, 6.07) is 23.9. The molecular weight excluding hydrogens is 544 g/mol. The lowest BCUT2D eigenvalue weighted by molar-refractivity contribution is -0.119. The average Bonchev–Trinajstić information content (AvgIpc) is 3.39. The largest absolute Gasteiger partial charge is 0.438 e. The van der Waals surface area contributed by atoms with Crippen LogP contribution >= 0.6 is 0 Å². The summed E-state index contributed by atoms with van der Waals surface area (Å²) >= 11 is 0. The van der Waals surface area contributed by atoms with Crippen molar-refractivity contribution in [2.45, 2.75) is 33.1 Å². The van der Waals surface area contributed by atoms with Crippen molar-refractivity contribution < 1.29 is 19.1 Å². The summed E-state index contributed by atoms with van der Waals surface area (Å²) < 4.78 is 12.7. The number of nitrogens with zero attached hydrogens (tertiary/aromatic N) is 3. The summed E-state index contributed by atoms with van der Waals surface area (Å²) in [6.45, 7) is 8.21. The van der Waals surface area contributed by atoms with Crippen molar-refractivity contribution in [2.75, 3.05) is 29.7 Å². The van der Waals surface area contributed by atoms with Gasteiger partial charge in [-0.3, -0.25) is 10.1 Å². The van der Waals surface area contributed by atoms with Gasteiger partial charge in [-0.1, -0.05) is 62.7 Å². The second-order valence-electron chi connectivity index (χ2n) is 11.1. The topological polar surface area (TPSA) is 119 Å². The summed E-state index contributed by atoms with van der Waals surface area (Å²) in [5, 5.41) is 15.0. The minimum absolute atomic E-state index is 0.0583. The van der Waals surface area contributed by atoms with E-state index in [0.29, 0.717) is 28.8 Å². The fourth-order valence-corrected chi connectivity index (χ4v) is 4.44. The number of carbonyl (C=O) groups is 2. The van der Waals surface area contributed by atoms with E-state index < -0.39 is 6.03 Å². The van der Waals surface area contributed by atoms with E-state index in [4.69, 9.17) is 14.6 Å². The fraction of sp³-hybridized carbons (Fsp3) is 0.212. The predicted molar refractivity (Wildman–Crippen MR) is 168 cm³/mol. The van der Waals surface area contributed by atoms with Crippen LogP contribution in [0.25, 0.3) is 16.5 Å². The minimum atomic E-state index is -0.409. The molecule has 43 heavy (non-hydrogen) atoms. The number of aryl methyl sites for hydroxylation is 1. The van der Waals surface area contributed by atoms with Crippen LogP contribution in [0.15, 0.2) is 85.1 Å². The maximum Gasteiger partial charge on any atom is 0.324 e. The van der Waals surface area contributed by atoms with Gasteiger partial charge in [-0.05, 0) is 37.3 Å². The first kappa shape index (κ1) is 29.3. The zero-order valence-corrected chi connectivity index (χ0v) is 24.8. The summed E-state index contributed by atoms with van der Waals surface area (Å²) in [7, 11) is 1.46. The molecule has 10 heteroatoms. The number of urea groups is 1. The van der Waals surface area contributed by atoms with E-state index >= 15 is 0 Å². The molecule has 0 fully saturated rings. The number of amides is 3. The van der Waals surface area contributed by atoms with Gasteiger partial charge in [0.1, 0.15) is 18.2 Å². The molecule has 3 N–H and O–H groups in total. The lowest BCUT2D eigenvalue weighted by Gasteiger charge is -2.14. The van der Waals surface area contributed by atoms with Gasteiger partial charge < -0.3 is 20.1 Å². The first-order chi connectivity index (χ1) is 20.6. The standard InChI is InChI=1S/C33H34N6O4/c1-21-10-12-23(13-11-21)39-29(19-28(38-39)33(2,3)4)37-32(41)36-26-14-15-27(25-9-7-6-8-24(25)26)43-31-18-22(16-17-34-31)35-30(40)20-42-5/h6-19H,20H2,1-5H3,(H,34,35,40)(H2,36,37,41). The summed E-state index contributed by atoms with van der Waals surface area (Å²) in [4.78, 5) is 29.5. The van der Waals surface area contributed by atoms with Crippen LogP contribution < -0.4 is 20.7 Å². The van der Waals surface area contributed by atoms with E-state index in [1.807, 2.05) is 61.5 Å². The molecule has 0 bridgehead atoms. The van der Waals surface area contributed by atoms with Crippen LogP contribution in [-0.2, 0) is 14.9 Å². The molecule has 2 aromatic heterocycles. The van der Waals surface area contributed by atoms with E-state index in [9.17, 15) is 9.59 Å². The molecule has 3 aromatic carbocycles. The van der Waals surface area contributed by atoms with E-state index in [0.717, 1.165) is 27.7 Å². The normalized spacial score (nSPS) is 11.3. The number of aromatic nitrogens is 3. The monoisotopic (exact) mass is 578 g/mol. The van der Waals surface area contributed by atoms with E-state index in [-0.39, 0.29) is 17.9 Å². The Labute approximate surface area is 250 Å². The highest BCUT2D eigenvalue weighted by Gasteiger charge is 2.22. The average molecular weight is 579 g/mol. The second-order valence-corrected chi connectivity index (χ2v) is 11.1. The van der Waals surface area contributed by atoms with Crippen molar-refractivity contribution in [3.05, 3.63) is 96.3 Å². The Morgan fingerprint density at radius 1 is 0.884 bits per heavy atom. The van der Waals surface area contributed by atoms with Gasteiger partial charge in [0.15, 0.2) is 0 Å². The number of nitrogens with one attached hydrogen (secondary N) is 3. The van der Waals surface area contributed by atoms with Crippen molar-refractivity contribution in [2.24, 2.45) is 0 Å². The Morgan fingerprint density at radius 3 is 2.35 bits per heavy atom. The highest BCUT2D eigenvalue weighted by Crippen LogP contribution is 2.35. The van der Waals surface area contributed by atoms with Crippen LogP contribution in [-0.4, -0.2) is 40.4 Å². The molecule has 5 aromatic rings. The molecule has 0 spiro atoms. The van der Waals surface area contributed by atoms with Crippen molar-refractivity contribution in [3.63, 3.8) is 0 Å². The number of fused-ring (bicyclic) bond motifs is 1. The number of methoxy groups -OCH3 is 1. The Balaban J connectivity index is 1.38. The minimum Gasteiger partial charge on any atom is -0.438 e. The summed E-state index contributed by atoms with van der Waals surface area (Å²) in [6.07, 6.45) is 1.55. The van der Waals surface area contributed by atoms with Crippen LogP contribution in [0.5, 0.6) is 11.6 Å². The van der Waals surface area contributed by atoms with Crippen LogP contribution in [0.2, 0.25) is 0 Å². The highest BCUT2D eigenvalue weighted by molar-refractivity contribution is 6.07. The third-order valence-corrected chi connectivity index (χ3v) is 6.64. The molecule has 0 aliphatic rings. The molecular formula is C33H34N6O4. The van der Waals surface area contributed by atoms with Crippen LogP contribution in [0.3, 0.4) is 0 Å². The molecule has 5 rings (SSSR count). The molecule has 0 saturated heterocycles. The molecule has 0 unspecified atom stereocenters. The van der Waals surface area contributed by atoms with Crippen LogP contribution in [0, 0.1) is 6.92 Å². The van der Waals surface area contributed by atoms with E-state index in [1.165, 1.54) is 7.11 Å². The number of ether oxygens (including phenoxy) is 2. The Hall–Kier alpha value is -5.22. The number of benzene rings is 3. The summed E-state index contributed by atoms with van der Waals surface area (Å²) in [5.74, 6) is 1.12. The van der Waals surface area contributed by atoms with Gasteiger partial charge in [0.2, 0.25) is 11.8 Å². The molecule has 3 amide bonds. The first-order valence-electron chi connectivity index (χ1n) is 13.8. The van der Waals surface area contributed by atoms with Crippen LogP contribution in [0.1, 0.15) is 32.0 Å². The highest BCUT2D eigenvalue weighted by atomic mass is 16.5. The Bertz CT molecular complexity index is 1770. The van der Waals surface area contributed by atoms with Crippen molar-refractivity contribution in [1.82, 2.24) is 14.8 Å². The molecule has 0 aliphatic heterocycles. The Kier molecular flexibility index (Phi) is 8.40. The quantitative estimate of drug-likeness (QED) is 0.182. The zero-order valence-electron chi connectivity index (χ0n) is 24.8. The van der Waals surface area contributed by atoms with Crippen molar-refractivity contribution in [3.8, 4) is 17.3 Å². The smallest absolute Gasteiger partial charge is 0.324 e. The van der Waals surface area contributed by atoms with Gasteiger partial charge in [-0.2, -0.15) is 5.10 Å². The van der Waals surface area contributed by atoms with Crippen molar-refractivity contribution in [1.29, 1.82) is 0 Å². The van der Waals surface area contributed by atoms with Crippen LogP contribution in [0.4, 0.5) is 22.0 Å². The van der Waals surface area contributed by atoms with Crippen molar-refractivity contribution >= 4 is 39.9 Å². The lowest BCUT2D eigenvalue weighted by Crippen LogP contribution is -2.21. The molecule has 0 radical (unpaired) electrons. The maximum absolute atomic E-state index is 13.3. The molecule has 220 valence electrons. The zero-order chi connectivity index (χ0) is 30.6. The van der Waals surface area contributed by atoms with Gasteiger partial charge in [0.25, 0.3) is 0 Å². The third-order valence-electron chi connectivity index (χ3n) is 6.64. The van der Waals surface area contributed by atoms with Gasteiger partial charge in [-0.15, -0.1) is 0 Å². The lowest BCUT2D eigenvalue weighted by atomic mass is 9.92. The van der Waals surface area contributed by atoms with E-state index in [2.05, 4.69) is 41.7 Å². The number of rotatable bonds is 8. The van der Waals surface area contributed by atoms with Gasteiger partial charge >= 0.3 is 6.03 Å². The molecule has 2 heterocycles. The molecule has 0 aliphatic carbocycles. The predicted octanol–water partition coefficient (Wildman–Crippen LogP) is 7.05.